The van der Waals surface area contributed by atoms with Gasteiger partial charge in [-0.05, 0) is 0 Å². The number of carbonyl (C=O) groups is 2. The van der Waals surface area contributed by atoms with Crippen LogP contribution in [0.15, 0.2) is 0 Å². The summed E-state index contributed by atoms with van der Waals surface area (Å²) in [4.78, 5) is 21.2. The molecule has 0 atom stereocenters. The van der Waals surface area contributed by atoms with E-state index in [2.05, 4.69) is 0 Å². The van der Waals surface area contributed by atoms with Gasteiger partial charge >= 0.3 is 0 Å². The second-order valence-electron chi connectivity index (χ2n) is 1.86. The summed E-state index contributed by atoms with van der Waals surface area (Å²) in [6.07, 6.45) is 0. The van der Waals surface area contributed by atoms with E-state index in [0.717, 1.165) is 5.32 Å². The van der Waals surface area contributed by atoms with Crippen molar-refractivity contribution in [2.45, 2.75) is 0 Å². The third-order valence-corrected chi connectivity index (χ3v) is 1.93. The van der Waals surface area contributed by atoms with E-state index in [1.165, 1.54) is 0 Å². The number of imide groups is 1. The molecule has 0 radical (unpaired) electrons. The molecule has 0 unspecified atom stereocenters. The summed E-state index contributed by atoms with van der Waals surface area (Å²) in [5.41, 5.74) is 0. The maximum absolute atomic E-state index is 10.6. The van der Waals surface area contributed by atoms with Crippen LogP contribution in [0.4, 0.5) is 0 Å². The average Bonchev–Trinajstić information content (AvgIpc) is 2.14. The normalized spacial score (nSPS) is 8.93. The van der Waals surface area contributed by atoms with Gasteiger partial charge in [-0.3, -0.25) is 14.9 Å². The molecule has 15 heavy (non-hydrogen) atoms. The van der Waals surface area contributed by atoms with Crippen LogP contribution in [0.5, 0.6) is 0 Å². The molecule has 0 rings (SSSR count). The third kappa shape index (κ3) is 3.99. The summed E-state index contributed by atoms with van der Waals surface area (Å²) in [6, 6.07) is 0. The van der Waals surface area contributed by atoms with Crippen molar-refractivity contribution in [1.82, 2.24) is 5.32 Å². The largest absolute Gasteiger partial charge is 0.344 e. The smallest absolute Gasteiger partial charge is 0.297 e. The minimum Gasteiger partial charge on any atom is -0.344 e. The molecule has 0 bridgehead atoms. The Morgan fingerprint density at radius 1 is 0.800 bits per heavy atom. The van der Waals surface area contributed by atoms with Crippen molar-refractivity contribution in [2.24, 2.45) is 0 Å². The summed E-state index contributed by atoms with van der Waals surface area (Å²) in [5.74, 6) is -3.52. The lowest BCUT2D eigenvalue weighted by Gasteiger charge is -1.96. The van der Waals surface area contributed by atoms with Gasteiger partial charge in [0.2, 0.25) is 0 Å². The molecule has 0 fully saturated rings. The van der Waals surface area contributed by atoms with Crippen molar-refractivity contribution in [1.29, 1.82) is 0 Å². The number of amides is 2. The molecule has 0 aromatic heterocycles. The zero-order valence-corrected chi connectivity index (χ0v) is 8.29. The number of hydrogen-bond acceptors (Lipinski definition) is 6. The van der Waals surface area contributed by atoms with Gasteiger partial charge in [-0.25, -0.2) is 0 Å². The lowest BCUT2D eigenvalue weighted by atomic mass is 10.5. The molecule has 0 saturated carbocycles. The van der Waals surface area contributed by atoms with Crippen molar-refractivity contribution in [3.63, 3.8) is 0 Å². The fraction of sp³-hybridized carbons (Fsp3) is 0. The van der Waals surface area contributed by atoms with E-state index in [1.807, 2.05) is 0 Å². The molecular weight excluding hydrogens is 254 g/mol. The fourth-order valence-electron chi connectivity index (χ4n) is 0.361. The maximum Gasteiger partial charge on any atom is 0.297 e. The van der Waals surface area contributed by atoms with Crippen LogP contribution in [0.3, 0.4) is 0 Å². The Morgan fingerprint density at radius 2 is 1.07 bits per heavy atom. The van der Waals surface area contributed by atoms with Gasteiger partial charge in [0, 0.05) is 0 Å². The Labute approximate surface area is 85.0 Å². The number of hydrogen-bond donors (Lipinski definition) is 3. The summed E-state index contributed by atoms with van der Waals surface area (Å²) < 4.78 is 39.9. The highest BCUT2D eigenvalue weighted by Gasteiger charge is 2.18. The van der Waals surface area contributed by atoms with Gasteiger partial charge < -0.3 is 10.2 Å². The number of nitrogens with one attached hydrogen (secondary N) is 1. The fourth-order valence-corrected chi connectivity index (χ4v) is 0.766. The van der Waals surface area contributed by atoms with Crippen molar-refractivity contribution in [3.05, 3.63) is 0 Å². The van der Waals surface area contributed by atoms with E-state index in [9.17, 15) is 26.4 Å². The van der Waals surface area contributed by atoms with Gasteiger partial charge in [-0.1, -0.05) is 0 Å². The van der Waals surface area contributed by atoms with E-state index >= 15 is 0 Å². The SMILES string of the molecule is O=C(NC(=O)C(O)=S(=O)=O)C(O)=S(=O)=O. The van der Waals surface area contributed by atoms with Gasteiger partial charge in [-0.15, -0.1) is 0 Å². The van der Waals surface area contributed by atoms with Crippen LogP contribution in [0.1, 0.15) is 0 Å². The lowest BCUT2D eigenvalue weighted by Crippen LogP contribution is -2.40. The Hall–Kier alpha value is -1.56. The van der Waals surface area contributed by atoms with Gasteiger partial charge in [0.25, 0.3) is 42.5 Å². The molecule has 0 saturated heterocycles. The van der Waals surface area contributed by atoms with E-state index in [1.54, 1.807) is 0 Å². The average molecular weight is 257 g/mol. The summed E-state index contributed by atoms with van der Waals surface area (Å²) >= 11 is 0. The standard InChI is InChI=1S/C4H3NO8S2/c6-1(3(8)14(10)11)5-2(7)4(9)15(12)13/h8-9H,(H,5,6,7). The van der Waals surface area contributed by atoms with Gasteiger partial charge in [-0.2, -0.15) is 16.8 Å². The highest BCUT2D eigenvalue weighted by Crippen LogP contribution is 1.73. The second-order valence-corrected chi connectivity index (χ2v) is 3.58. The first-order chi connectivity index (χ1) is 6.77. The molecule has 0 aliphatic rings. The van der Waals surface area contributed by atoms with Gasteiger partial charge in [0.15, 0.2) is 0 Å². The van der Waals surface area contributed by atoms with Crippen molar-refractivity contribution in [2.75, 3.05) is 0 Å². The Kier molecular flexibility index (Phi) is 4.80. The molecule has 2 amide bonds. The van der Waals surface area contributed by atoms with Crippen molar-refractivity contribution >= 4 is 42.5 Å². The van der Waals surface area contributed by atoms with Crippen LogP contribution in [-0.2, 0) is 30.2 Å². The molecule has 0 aliphatic carbocycles. The topological polar surface area (TPSA) is 155 Å². The molecule has 0 heterocycles. The van der Waals surface area contributed by atoms with E-state index in [-0.39, 0.29) is 0 Å². The van der Waals surface area contributed by atoms with E-state index in [0.29, 0.717) is 0 Å². The van der Waals surface area contributed by atoms with E-state index < -0.39 is 42.5 Å². The van der Waals surface area contributed by atoms with Crippen LogP contribution < -0.4 is 5.32 Å². The summed E-state index contributed by atoms with van der Waals surface area (Å²) in [5, 5.41) is 14.6. The molecular formula is C4H3NO8S2. The Bertz CT molecular complexity index is 496. The highest BCUT2D eigenvalue weighted by molar-refractivity contribution is 7.74. The van der Waals surface area contributed by atoms with Crippen LogP contribution in [-0.4, -0.2) is 49.0 Å². The zero-order valence-electron chi connectivity index (χ0n) is 6.66. The Morgan fingerprint density at radius 3 is 1.27 bits per heavy atom. The first-order valence-corrected chi connectivity index (χ1v) is 5.08. The summed E-state index contributed by atoms with van der Waals surface area (Å²) in [7, 11) is -6.54. The quantitative estimate of drug-likeness (QED) is 0.382. The van der Waals surface area contributed by atoms with Gasteiger partial charge in [0.05, 0.1) is 0 Å². The molecule has 3 N–H and O–H groups in total. The molecule has 84 valence electrons. The lowest BCUT2D eigenvalue weighted by molar-refractivity contribution is -0.124. The van der Waals surface area contributed by atoms with Crippen LogP contribution >= 0.6 is 0 Å². The predicted octanol–water partition coefficient (Wildman–Crippen LogP) is -3.24. The highest BCUT2D eigenvalue weighted by atomic mass is 32.2. The number of carbonyl (C=O) groups excluding carboxylic acids is 2. The summed E-state index contributed by atoms with van der Waals surface area (Å²) in [6.45, 7) is 0. The molecule has 0 aromatic carbocycles. The minimum atomic E-state index is -3.27. The minimum absolute atomic E-state index is 1.10. The number of rotatable bonds is 0. The molecule has 0 aliphatic heterocycles. The monoisotopic (exact) mass is 257 g/mol. The molecule has 0 spiro atoms. The zero-order chi connectivity index (χ0) is 12.2. The van der Waals surface area contributed by atoms with Crippen LogP contribution in [0, 0.1) is 0 Å². The van der Waals surface area contributed by atoms with Gasteiger partial charge in [0.1, 0.15) is 0 Å². The van der Waals surface area contributed by atoms with Crippen LogP contribution in [0.25, 0.3) is 0 Å². The first kappa shape index (κ1) is 13.4. The maximum atomic E-state index is 10.6. The molecule has 11 heteroatoms. The molecule has 9 nitrogen and oxygen atoms in total. The predicted molar refractivity (Wildman–Crippen MR) is 46.3 cm³/mol. The second kappa shape index (κ2) is 5.35. The Balaban J connectivity index is 4.99. The third-order valence-electron chi connectivity index (χ3n) is 0.931. The number of aliphatic hydroxyl groups excluding tert-OH is 2. The van der Waals surface area contributed by atoms with E-state index in [4.69, 9.17) is 10.2 Å². The first-order valence-electron chi connectivity index (χ1n) is 2.93. The van der Waals surface area contributed by atoms with Crippen molar-refractivity contribution in [3.8, 4) is 0 Å². The number of aliphatic hydroxyl groups is 2. The van der Waals surface area contributed by atoms with Crippen molar-refractivity contribution < 1.29 is 36.6 Å². The van der Waals surface area contributed by atoms with Crippen LogP contribution in [0.2, 0.25) is 0 Å². The molecule has 0 aromatic rings.